The predicted molar refractivity (Wildman–Crippen MR) is 58.7 cm³/mol. The smallest absolute Gasteiger partial charge is 0.326 e. The number of nitrogens with zero attached hydrogens (tertiary/aromatic N) is 1. The van der Waals surface area contributed by atoms with Crippen molar-refractivity contribution in [3.8, 4) is 0 Å². The van der Waals surface area contributed by atoms with E-state index in [0.717, 1.165) is 0 Å². The second-order valence-electron chi connectivity index (χ2n) is 3.68. The first-order valence-corrected chi connectivity index (χ1v) is 4.88. The van der Waals surface area contributed by atoms with Crippen molar-refractivity contribution >= 4 is 17.6 Å². The molecule has 1 atom stereocenters. The molecule has 0 fully saturated rings. The molecule has 1 N–H and O–H groups in total. The van der Waals surface area contributed by atoms with Crippen molar-refractivity contribution in [2.24, 2.45) is 0 Å². The molecule has 0 aromatic heterocycles. The highest BCUT2D eigenvalue weighted by Gasteiger charge is 2.36. The van der Waals surface area contributed by atoms with Gasteiger partial charge in [0.15, 0.2) is 0 Å². The number of fused-ring (bicyclic) bond motifs is 1. The van der Waals surface area contributed by atoms with Crippen molar-refractivity contribution in [1.82, 2.24) is 4.90 Å². The topological polar surface area (TPSA) is 57.6 Å². The monoisotopic (exact) mass is 217 g/mol. The molecule has 1 aliphatic heterocycles. The van der Waals surface area contributed by atoms with Crippen molar-refractivity contribution in [3.63, 3.8) is 0 Å². The third kappa shape index (κ3) is 1.31. The van der Waals surface area contributed by atoms with Gasteiger partial charge in [-0.3, -0.25) is 9.69 Å². The largest absolute Gasteiger partial charge is 0.480 e. The Labute approximate surface area is 92.8 Å². The Hall–Kier alpha value is -2.10. The van der Waals surface area contributed by atoms with E-state index in [4.69, 9.17) is 5.11 Å². The lowest BCUT2D eigenvalue weighted by molar-refractivity contribution is -0.140. The molecule has 0 saturated carbocycles. The molecule has 1 aliphatic rings. The number of benzene rings is 1. The van der Waals surface area contributed by atoms with Crippen LogP contribution in [-0.4, -0.2) is 27.9 Å². The molecule has 4 heteroatoms. The zero-order valence-electron chi connectivity index (χ0n) is 8.80. The number of hydrogen-bond donors (Lipinski definition) is 1. The standard InChI is InChI=1S/C12H11NO3/c1-7-9-5-3-4-6-10(9)11(14)13(7)8(2)12(15)16/h3-6,8H,1H2,2H3,(H,15,16). The summed E-state index contributed by atoms with van der Waals surface area (Å²) in [7, 11) is 0. The van der Waals surface area contributed by atoms with Crippen LogP contribution < -0.4 is 0 Å². The predicted octanol–water partition coefficient (Wildman–Crippen LogP) is 1.59. The quantitative estimate of drug-likeness (QED) is 0.818. The van der Waals surface area contributed by atoms with E-state index >= 15 is 0 Å². The molecular weight excluding hydrogens is 206 g/mol. The van der Waals surface area contributed by atoms with Gasteiger partial charge in [-0.05, 0) is 13.0 Å². The maximum absolute atomic E-state index is 12.0. The Morgan fingerprint density at radius 3 is 2.44 bits per heavy atom. The van der Waals surface area contributed by atoms with Crippen LogP contribution >= 0.6 is 0 Å². The summed E-state index contributed by atoms with van der Waals surface area (Å²) in [6, 6.07) is 6.10. The van der Waals surface area contributed by atoms with E-state index in [9.17, 15) is 9.59 Å². The average molecular weight is 217 g/mol. The summed E-state index contributed by atoms with van der Waals surface area (Å²) in [6.45, 7) is 5.24. The van der Waals surface area contributed by atoms with E-state index in [1.165, 1.54) is 11.8 Å². The van der Waals surface area contributed by atoms with Crippen molar-refractivity contribution in [2.75, 3.05) is 0 Å². The summed E-state index contributed by atoms with van der Waals surface area (Å²) in [6.07, 6.45) is 0. The van der Waals surface area contributed by atoms with Crippen LogP contribution in [0.3, 0.4) is 0 Å². The molecule has 0 saturated heterocycles. The second-order valence-corrected chi connectivity index (χ2v) is 3.68. The fourth-order valence-corrected chi connectivity index (χ4v) is 1.82. The number of hydrogen-bond acceptors (Lipinski definition) is 2. The van der Waals surface area contributed by atoms with E-state index in [1.54, 1.807) is 24.3 Å². The minimum Gasteiger partial charge on any atom is -0.480 e. The highest BCUT2D eigenvalue weighted by atomic mass is 16.4. The Morgan fingerprint density at radius 1 is 1.38 bits per heavy atom. The van der Waals surface area contributed by atoms with E-state index < -0.39 is 12.0 Å². The Morgan fingerprint density at radius 2 is 1.94 bits per heavy atom. The van der Waals surface area contributed by atoms with E-state index in [0.29, 0.717) is 16.8 Å². The summed E-state index contributed by atoms with van der Waals surface area (Å²) in [5, 5.41) is 8.92. The molecule has 1 aromatic rings. The first-order chi connectivity index (χ1) is 7.54. The van der Waals surface area contributed by atoms with Gasteiger partial charge in [0.25, 0.3) is 5.91 Å². The van der Waals surface area contributed by atoms with E-state index in [1.807, 2.05) is 0 Å². The summed E-state index contributed by atoms with van der Waals surface area (Å²) < 4.78 is 0. The average Bonchev–Trinajstić information content (AvgIpc) is 2.52. The summed E-state index contributed by atoms with van der Waals surface area (Å²) in [5.74, 6) is -1.34. The van der Waals surface area contributed by atoms with Gasteiger partial charge in [-0.1, -0.05) is 24.8 Å². The summed E-state index contributed by atoms with van der Waals surface area (Å²) in [5.41, 5.74) is 1.68. The van der Waals surface area contributed by atoms with Crippen LogP contribution in [0.1, 0.15) is 22.8 Å². The lowest BCUT2D eigenvalue weighted by atomic mass is 10.1. The zero-order chi connectivity index (χ0) is 11.9. The number of carbonyl (C=O) groups excluding carboxylic acids is 1. The molecule has 0 radical (unpaired) electrons. The van der Waals surface area contributed by atoms with Gasteiger partial charge in [0.1, 0.15) is 6.04 Å². The molecule has 1 amide bonds. The molecule has 82 valence electrons. The molecule has 0 aliphatic carbocycles. The Bertz CT molecular complexity index is 458. The van der Waals surface area contributed by atoms with Gasteiger partial charge in [-0.2, -0.15) is 0 Å². The first kappa shape index (κ1) is 10.4. The maximum Gasteiger partial charge on any atom is 0.326 e. The minimum atomic E-state index is -1.04. The van der Waals surface area contributed by atoms with Gasteiger partial charge in [0.05, 0.1) is 0 Å². The highest BCUT2D eigenvalue weighted by molar-refractivity contribution is 6.10. The number of amides is 1. The van der Waals surface area contributed by atoms with Crippen LogP contribution in [0.5, 0.6) is 0 Å². The lowest BCUT2D eigenvalue weighted by Crippen LogP contribution is -2.38. The summed E-state index contributed by atoms with van der Waals surface area (Å²) >= 11 is 0. The number of rotatable bonds is 2. The van der Waals surface area contributed by atoms with Gasteiger partial charge in [-0.15, -0.1) is 0 Å². The van der Waals surface area contributed by atoms with Crippen molar-refractivity contribution in [3.05, 3.63) is 42.0 Å². The lowest BCUT2D eigenvalue weighted by Gasteiger charge is -2.21. The Kier molecular flexibility index (Phi) is 2.27. The van der Waals surface area contributed by atoms with Crippen LogP contribution in [0.15, 0.2) is 30.8 Å². The summed E-state index contributed by atoms with van der Waals surface area (Å²) in [4.78, 5) is 24.1. The maximum atomic E-state index is 12.0. The fourth-order valence-electron chi connectivity index (χ4n) is 1.82. The number of carboxylic acid groups (broad SMARTS) is 1. The number of carboxylic acids is 1. The van der Waals surface area contributed by atoms with Gasteiger partial charge < -0.3 is 5.11 Å². The molecular formula is C12H11NO3. The van der Waals surface area contributed by atoms with Crippen molar-refractivity contribution in [1.29, 1.82) is 0 Å². The van der Waals surface area contributed by atoms with Crippen molar-refractivity contribution in [2.45, 2.75) is 13.0 Å². The van der Waals surface area contributed by atoms with Gasteiger partial charge in [0, 0.05) is 16.8 Å². The van der Waals surface area contributed by atoms with Crippen LogP contribution in [0.4, 0.5) is 0 Å². The molecule has 0 bridgehead atoms. The normalized spacial score (nSPS) is 16.2. The third-order valence-corrected chi connectivity index (χ3v) is 2.72. The molecule has 16 heavy (non-hydrogen) atoms. The zero-order valence-corrected chi connectivity index (χ0v) is 8.80. The molecule has 2 rings (SSSR count). The highest BCUT2D eigenvalue weighted by Crippen LogP contribution is 2.32. The fraction of sp³-hybridized carbons (Fsp3) is 0.167. The van der Waals surface area contributed by atoms with Crippen LogP contribution in [0, 0.1) is 0 Å². The number of aliphatic carboxylic acids is 1. The molecule has 1 unspecified atom stereocenters. The second kappa shape index (κ2) is 3.48. The third-order valence-electron chi connectivity index (χ3n) is 2.72. The number of carbonyl (C=O) groups is 2. The van der Waals surface area contributed by atoms with E-state index in [-0.39, 0.29) is 5.91 Å². The van der Waals surface area contributed by atoms with Crippen LogP contribution in [0.25, 0.3) is 5.70 Å². The van der Waals surface area contributed by atoms with E-state index in [2.05, 4.69) is 6.58 Å². The van der Waals surface area contributed by atoms with Gasteiger partial charge >= 0.3 is 5.97 Å². The van der Waals surface area contributed by atoms with Crippen LogP contribution in [0.2, 0.25) is 0 Å². The van der Waals surface area contributed by atoms with Gasteiger partial charge in [-0.25, -0.2) is 4.79 Å². The van der Waals surface area contributed by atoms with Gasteiger partial charge in [0.2, 0.25) is 0 Å². The first-order valence-electron chi connectivity index (χ1n) is 4.88. The minimum absolute atomic E-state index is 0.296. The molecule has 1 heterocycles. The van der Waals surface area contributed by atoms with Crippen LogP contribution in [-0.2, 0) is 4.79 Å². The Balaban J connectivity index is 2.46. The SMILES string of the molecule is C=C1c2ccccc2C(=O)N1C(C)C(=O)O. The molecule has 1 aromatic carbocycles. The molecule has 0 spiro atoms. The van der Waals surface area contributed by atoms with Crippen molar-refractivity contribution < 1.29 is 14.7 Å². The molecule has 4 nitrogen and oxygen atoms in total.